The quantitative estimate of drug-likeness (QED) is 0.943. The highest BCUT2D eigenvalue weighted by molar-refractivity contribution is 5.95. The van der Waals surface area contributed by atoms with Crippen molar-refractivity contribution in [3.05, 3.63) is 40.2 Å². The molecule has 1 aromatic heterocycles. The zero-order valence-corrected chi connectivity index (χ0v) is 12.1. The molecule has 0 saturated carbocycles. The van der Waals surface area contributed by atoms with Crippen molar-refractivity contribution in [2.45, 2.75) is 26.3 Å². The third-order valence-electron chi connectivity index (χ3n) is 3.65. The molecule has 0 bridgehead atoms. The van der Waals surface area contributed by atoms with Crippen LogP contribution in [-0.4, -0.2) is 23.5 Å². The van der Waals surface area contributed by atoms with E-state index in [0.29, 0.717) is 28.1 Å². The molecule has 1 aromatic carbocycles. The van der Waals surface area contributed by atoms with E-state index in [0.717, 1.165) is 17.7 Å². The van der Waals surface area contributed by atoms with Gasteiger partial charge in [0, 0.05) is 30.1 Å². The maximum absolute atomic E-state index is 13.1. The first-order valence-electron chi connectivity index (χ1n) is 6.69. The number of aromatic amines is 1. The first kappa shape index (κ1) is 14.8. The van der Waals surface area contributed by atoms with Crippen LogP contribution in [-0.2, 0) is 24.1 Å². The fourth-order valence-electron chi connectivity index (χ4n) is 2.68. The largest absolute Gasteiger partial charge is 0.416 e. The number of nitrogens with zero attached hydrogens (tertiary/aromatic N) is 2. The fraction of sp³-hybridized carbons (Fsp3) is 0.333. The lowest BCUT2D eigenvalue weighted by atomic mass is 9.93. The van der Waals surface area contributed by atoms with E-state index in [1.807, 2.05) is 0 Å². The van der Waals surface area contributed by atoms with E-state index < -0.39 is 11.7 Å². The number of methoxy groups -OCH3 is 1. The fourth-order valence-corrected chi connectivity index (χ4v) is 2.68. The highest BCUT2D eigenvalue weighted by Crippen LogP contribution is 2.38. The molecule has 4 nitrogen and oxygen atoms in total. The van der Waals surface area contributed by atoms with Gasteiger partial charge in [-0.2, -0.15) is 18.3 Å². The second-order valence-corrected chi connectivity index (χ2v) is 5.17. The zero-order chi connectivity index (χ0) is 15.9. The average molecular weight is 309 g/mol. The van der Waals surface area contributed by atoms with Crippen LogP contribution in [0.15, 0.2) is 17.1 Å². The Hall–Kier alpha value is -2.15. The number of halogens is 3. The van der Waals surface area contributed by atoms with Crippen LogP contribution in [0.2, 0.25) is 0 Å². The van der Waals surface area contributed by atoms with Gasteiger partial charge < -0.3 is 4.74 Å². The van der Waals surface area contributed by atoms with Crippen LogP contribution in [0.5, 0.6) is 0 Å². The molecule has 1 aliphatic rings. The molecule has 0 radical (unpaired) electrons. The third kappa shape index (κ3) is 2.41. The van der Waals surface area contributed by atoms with Crippen LogP contribution in [0.3, 0.4) is 0 Å². The summed E-state index contributed by atoms with van der Waals surface area (Å²) in [6.45, 7) is 2.27. The molecule has 0 aliphatic carbocycles. The van der Waals surface area contributed by atoms with Crippen LogP contribution < -0.4 is 0 Å². The topological polar surface area (TPSA) is 50.3 Å². The highest BCUT2D eigenvalue weighted by Gasteiger charge is 2.33. The monoisotopic (exact) mass is 309 g/mol. The van der Waals surface area contributed by atoms with Crippen molar-refractivity contribution in [2.24, 2.45) is 4.99 Å². The standard InChI is InChI=1S/C15H14F3N3O/c1-8-14(13(7-22-2)21-20-8)11-4-10(15(16,17)18)3-9-5-19-6-12(9)11/h3-4,6H,5,7H2,1-2H3,(H,20,21). The second kappa shape index (κ2) is 5.24. The lowest BCUT2D eigenvalue weighted by molar-refractivity contribution is -0.137. The number of hydrogen-bond acceptors (Lipinski definition) is 3. The van der Waals surface area contributed by atoms with Crippen molar-refractivity contribution >= 4 is 6.21 Å². The smallest absolute Gasteiger partial charge is 0.378 e. The molecule has 0 unspecified atom stereocenters. The van der Waals surface area contributed by atoms with Gasteiger partial charge in [-0.25, -0.2) is 0 Å². The van der Waals surface area contributed by atoms with Crippen LogP contribution >= 0.6 is 0 Å². The molecule has 3 rings (SSSR count). The molecule has 1 N–H and O–H groups in total. The van der Waals surface area contributed by atoms with Crippen LogP contribution in [0.1, 0.15) is 28.1 Å². The number of nitrogens with one attached hydrogen (secondary N) is 1. The summed E-state index contributed by atoms with van der Waals surface area (Å²) in [6.07, 6.45) is -2.78. The van der Waals surface area contributed by atoms with E-state index in [2.05, 4.69) is 15.2 Å². The summed E-state index contributed by atoms with van der Waals surface area (Å²) < 4.78 is 44.5. The lowest BCUT2D eigenvalue weighted by Gasteiger charge is -2.14. The Balaban J connectivity index is 2.24. The molecule has 0 saturated heterocycles. The number of alkyl halides is 3. The Morgan fingerprint density at radius 1 is 1.32 bits per heavy atom. The Kier molecular flexibility index (Phi) is 3.52. The van der Waals surface area contributed by atoms with E-state index >= 15 is 0 Å². The van der Waals surface area contributed by atoms with Gasteiger partial charge in [0.1, 0.15) is 0 Å². The minimum Gasteiger partial charge on any atom is -0.378 e. The first-order chi connectivity index (χ1) is 10.4. The van der Waals surface area contributed by atoms with Gasteiger partial charge in [0.25, 0.3) is 0 Å². The molecule has 0 fully saturated rings. The van der Waals surface area contributed by atoms with Gasteiger partial charge in [0.15, 0.2) is 0 Å². The lowest BCUT2D eigenvalue weighted by Crippen LogP contribution is -2.07. The number of hydrogen-bond donors (Lipinski definition) is 1. The molecule has 0 spiro atoms. The normalized spacial score (nSPS) is 13.7. The van der Waals surface area contributed by atoms with Gasteiger partial charge in [-0.3, -0.25) is 10.1 Å². The Labute approximate surface area is 125 Å². The molecule has 0 amide bonds. The van der Waals surface area contributed by atoms with Gasteiger partial charge in [0.05, 0.1) is 24.4 Å². The van der Waals surface area contributed by atoms with Crippen LogP contribution in [0.25, 0.3) is 11.1 Å². The summed E-state index contributed by atoms with van der Waals surface area (Å²) in [4.78, 5) is 4.10. The number of ether oxygens (including phenoxy) is 1. The van der Waals surface area contributed by atoms with Gasteiger partial charge >= 0.3 is 6.18 Å². The van der Waals surface area contributed by atoms with E-state index in [1.54, 1.807) is 13.1 Å². The third-order valence-corrected chi connectivity index (χ3v) is 3.65. The summed E-state index contributed by atoms with van der Waals surface area (Å²) in [7, 11) is 1.52. The maximum atomic E-state index is 13.1. The minimum absolute atomic E-state index is 0.224. The minimum atomic E-state index is -4.40. The molecule has 0 atom stereocenters. The predicted octanol–water partition coefficient (Wildman–Crippen LogP) is 3.48. The predicted molar refractivity (Wildman–Crippen MR) is 75.8 cm³/mol. The summed E-state index contributed by atoms with van der Waals surface area (Å²) in [5, 5.41) is 6.94. The van der Waals surface area contributed by atoms with Crippen molar-refractivity contribution in [1.29, 1.82) is 0 Å². The van der Waals surface area contributed by atoms with Crippen LogP contribution in [0.4, 0.5) is 13.2 Å². The average Bonchev–Trinajstić information content (AvgIpc) is 3.04. The summed E-state index contributed by atoms with van der Waals surface area (Å²) >= 11 is 0. The number of benzene rings is 1. The van der Waals surface area contributed by atoms with Crippen molar-refractivity contribution in [2.75, 3.05) is 7.11 Å². The molecule has 2 aromatic rings. The van der Waals surface area contributed by atoms with E-state index in [1.165, 1.54) is 7.11 Å². The van der Waals surface area contributed by atoms with Crippen molar-refractivity contribution in [1.82, 2.24) is 10.2 Å². The summed E-state index contributed by atoms with van der Waals surface area (Å²) in [5.41, 5.74) is 3.05. The molecule has 116 valence electrons. The van der Waals surface area contributed by atoms with Crippen molar-refractivity contribution in [3.8, 4) is 11.1 Å². The zero-order valence-electron chi connectivity index (χ0n) is 12.1. The Bertz CT molecular complexity index is 747. The number of aromatic nitrogens is 2. The molecular formula is C15H14F3N3O. The Morgan fingerprint density at radius 2 is 2.09 bits per heavy atom. The molecular weight excluding hydrogens is 295 g/mol. The highest BCUT2D eigenvalue weighted by atomic mass is 19.4. The number of aliphatic imine (C=N–C) groups is 1. The van der Waals surface area contributed by atoms with Crippen LogP contribution in [0, 0.1) is 6.92 Å². The maximum Gasteiger partial charge on any atom is 0.416 e. The molecule has 1 aliphatic heterocycles. The van der Waals surface area contributed by atoms with Gasteiger partial charge in [-0.1, -0.05) is 0 Å². The molecule has 22 heavy (non-hydrogen) atoms. The summed E-state index contributed by atoms with van der Waals surface area (Å²) in [6, 6.07) is 2.32. The number of H-pyrrole nitrogens is 1. The van der Waals surface area contributed by atoms with Crippen molar-refractivity contribution in [3.63, 3.8) is 0 Å². The van der Waals surface area contributed by atoms with E-state index in [9.17, 15) is 13.2 Å². The number of fused-ring (bicyclic) bond motifs is 1. The van der Waals surface area contributed by atoms with E-state index in [-0.39, 0.29) is 13.2 Å². The second-order valence-electron chi connectivity index (χ2n) is 5.17. The first-order valence-corrected chi connectivity index (χ1v) is 6.69. The number of aryl methyl sites for hydroxylation is 1. The van der Waals surface area contributed by atoms with Gasteiger partial charge in [-0.15, -0.1) is 0 Å². The van der Waals surface area contributed by atoms with E-state index in [4.69, 9.17) is 4.74 Å². The van der Waals surface area contributed by atoms with Crippen molar-refractivity contribution < 1.29 is 17.9 Å². The number of rotatable bonds is 3. The molecule has 7 heteroatoms. The SMILES string of the molecule is COCc1n[nH]c(C)c1-c1cc(C(F)(F)F)cc2c1C=NC2. The van der Waals surface area contributed by atoms with Gasteiger partial charge in [0.2, 0.25) is 0 Å². The molecule has 2 heterocycles. The Morgan fingerprint density at radius 3 is 2.77 bits per heavy atom. The summed E-state index contributed by atoms with van der Waals surface area (Å²) in [5.74, 6) is 0. The van der Waals surface area contributed by atoms with Gasteiger partial charge in [-0.05, 0) is 30.2 Å².